The molecular weight excluding hydrogens is 374 g/mol. The van der Waals surface area contributed by atoms with Crippen molar-refractivity contribution in [2.75, 3.05) is 10.8 Å². The third-order valence-electron chi connectivity index (χ3n) is 4.95. The zero-order chi connectivity index (χ0) is 19.7. The number of aryl methyl sites for hydroxylation is 1. The number of fused-ring (bicyclic) bond motifs is 1. The van der Waals surface area contributed by atoms with Crippen molar-refractivity contribution >= 4 is 21.7 Å². The topological polar surface area (TPSA) is 74.7 Å². The number of anilines is 1. The molecule has 0 spiro atoms. The summed E-state index contributed by atoms with van der Waals surface area (Å²) in [5.74, 6) is -1.01. The van der Waals surface area contributed by atoms with Gasteiger partial charge in [0.2, 0.25) is 0 Å². The van der Waals surface area contributed by atoms with Crippen LogP contribution in [0.25, 0.3) is 11.1 Å². The van der Waals surface area contributed by atoms with Crippen molar-refractivity contribution in [2.45, 2.75) is 17.7 Å². The van der Waals surface area contributed by atoms with E-state index in [1.165, 1.54) is 10.4 Å². The van der Waals surface area contributed by atoms with Crippen LogP contribution in [0.3, 0.4) is 0 Å². The van der Waals surface area contributed by atoms with Gasteiger partial charge in [-0.2, -0.15) is 0 Å². The summed E-state index contributed by atoms with van der Waals surface area (Å²) in [6, 6.07) is 21.2. The second-order valence-electron chi connectivity index (χ2n) is 6.72. The van der Waals surface area contributed by atoms with Crippen LogP contribution in [0.4, 0.5) is 5.69 Å². The summed E-state index contributed by atoms with van der Waals surface area (Å²) in [5.41, 5.74) is 3.45. The van der Waals surface area contributed by atoms with Gasteiger partial charge >= 0.3 is 5.97 Å². The molecule has 1 aliphatic rings. The van der Waals surface area contributed by atoms with E-state index in [9.17, 15) is 18.3 Å². The lowest BCUT2D eigenvalue weighted by molar-refractivity contribution is 0.0696. The molecule has 6 heteroatoms. The highest BCUT2D eigenvalue weighted by atomic mass is 32.2. The standard InChI is InChI=1S/C22H19NO4S/c24-22(25)19-10-13-21-18(15-19)7-4-14-23(21)28(26,27)20-11-8-17(9-12-20)16-5-2-1-3-6-16/h1-3,5-6,8-13,15H,4,7,14H2,(H,24,25). The summed E-state index contributed by atoms with van der Waals surface area (Å²) in [6.07, 6.45) is 1.31. The van der Waals surface area contributed by atoms with Crippen LogP contribution >= 0.6 is 0 Å². The Bertz CT molecular complexity index is 1120. The van der Waals surface area contributed by atoms with E-state index < -0.39 is 16.0 Å². The van der Waals surface area contributed by atoms with E-state index in [4.69, 9.17) is 0 Å². The Morgan fingerprint density at radius 3 is 2.25 bits per heavy atom. The van der Waals surface area contributed by atoms with Gasteiger partial charge in [0.25, 0.3) is 10.0 Å². The molecule has 0 radical (unpaired) electrons. The summed E-state index contributed by atoms with van der Waals surface area (Å²) < 4.78 is 27.8. The number of carboxylic acid groups (broad SMARTS) is 1. The normalized spacial score (nSPS) is 13.8. The minimum Gasteiger partial charge on any atom is -0.478 e. The Kier molecular flexibility index (Phi) is 4.65. The van der Waals surface area contributed by atoms with Crippen molar-refractivity contribution < 1.29 is 18.3 Å². The van der Waals surface area contributed by atoms with Gasteiger partial charge in [-0.15, -0.1) is 0 Å². The minimum absolute atomic E-state index is 0.171. The van der Waals surface area contributed by atoms with Crippen LogP contribution in [0.1, 0.15) is 22.3 Å². The van der Waals surface area contributed by atoms with Crippen molar-refractivity contribution in [3.63, 3.8) is 0 Å². The molecule has 1 N–H and O–H groups in total. The zero-order valence-electron chi connectivity index (χ0n) is 15.1. The summed E-state index contributed by atoms with van der Waals surface area (Å²) in [4.78, 5) is 11.4. The zero-order valence-corrected chi connectivity index (χ0v) is 15.9. The summed E-state index contributed by atoms with van der Waals surface area (Å²) in [5, 5.41) is 9.18. The van der Waals surface area contributed by atoms with Gasteiger partial charge in [-0.3, -0.25) is 4.31 Å². The fourth-order valence-corrected chi connectivity index (χ4v) is 5.06. The molecule has 1 aliphatic heterocycles. The van der Waals surface area contributed by atoms with Crippen molar-refractivity contribution in [3.8, 4) is 11.1 Å². The SMILES string of the molecule is O=C(O)c1ccc2c(c1)CCCN2S(=O)(=O)c1ccc(-c2ccccc2)cc1. The molecular formula is C22H19NO4S. The highest BCUT2D eigenvalue weighted by Crippen LogP contribution is 2.33. The van der Waals surface area contributed by atoms with E-state index in [0.717, 1.165) is 16.7 Å². The highest BCUT2D eigenvalue weighted by Gasteiger charge is 2.29. The maximum Gasteiger partial charge on any atom is 0.335 e. The number of hydrogen-bond acceptors (Lipinski definition) is 3. The predicted molar refractivity (Wildman–Crippen MR) is 108 cm³/mol. The molecule has 0 amide bonds. The van der Waals surface area contributed by atoms with Gasteiger partial charge in [-0.1, -0.05) is 42.5 Å². The Hall–Kier alpha value is -3.12. The Labute approximate surface area is 163 Å². The van der Waals surface area contributed by atoms with Crippen LogP contribution < -0.4 is 4.31 Å². The van der Waals surface area contributed by atoms with E-state index in [-0.39, 0.29) is 10.5 Å². The molecule has 3 aromatic rings. The Morgan fingerprint density at radius 2 is 1.57 bits per heavy atom. The number of aromatic carboxylic acids is 1. The van der Waals surface area contributed by atoms with E-state index in [1.54, 1.807) is 36.4 Å². The van der Waals surface area contributed by atoms with Gasteiger partial charge in [0.15, 0.2) is 0 Å². The first-order valence-electron chi connectivity index (χ1n) is 9.01. The van der Waals surface area contributed by atoms with Gasteiger partial charge < -0.3 is 5.11 Å². The van der Waals surface area contributed by atoms with Crippen LogP contribution in [0.15, 0.2) is 77.7 Å². The van der Waals surface area contributed by atoms with Crippen molar-refractivity contribution in [1.82, 2.24) is 0 Å². The van der Waals surface area contributed by atoms with Crippen molar-refractivity contribution in [3.05, 3.63) is 83.9 Å². The summed E-state index contributed by atoms with van der Waals surface area (Å²) in [7, 11) is -3.72. The number of hydrogen-bond donors (Lipinski definition) is 1. The number of carbonyl (C=O) groups is 1. The fraction of sp³-hybridized carbons (Fsp3) is 0.136. The molecule has 0 aliphatic carbocycles. The maximum absolute atomic E-state index is 13.2. The van der Waals surface area contributed by atoms with E-state index in [0.29, 0.717) is 25.1 Å². The first kappa shape index (κ1) is 18.3. The lowest BCUT2D eigenvalue weighted by atomic mass is 10.0. The number of benzene rings is 3. The number of carboxylic acids is 1. The lowest BCUT2D eigenvalue weighted by Crippen LogP contribution is -2.35. The van der Waals surface area contributed by atoms with E-state index in [1.807, 2.05) is 30.3 Å². The molecule has 0 saturated carbocycles. The van der Waals surface area contributed by atoms with Gasteiger partial charge in [0, 0.05) is 6.54 Å². The molecule has 0 unspecified atom stereocenters. The van der Waals surface area contributed by atoms with Gasteiger partial charge in [0.1, 0.15) is 0 Å². The second-order valence-corrected chi connectivity index (χ2v) is 8.58. The summed E-state index contributed by atoms with van der Waals surface area (Å²) in [6.45, 7) is 0.377. The smallest absolute Gasteiger partial charge is 0.335 e. The number of rotatable bonds is 4. The largest absolute Gasteiger partial charge is 0.478 e. The van der Waals surface area contributed by atoms with Gasteiger partial charge in [-0.25, -0.2) is 13.2 Å². The molecule has 3 aromatic carbocycles. The molecule has 142 valence electrons. The quantitative estimate of drug-likeness (QED) is 0.721. The van der Waals surface area contributed by atoms with Gasteiger partial charge in [0.05, 0.1) is 16.1 Å². The van der Waals surface area contributed by atoms with E-state index >= 15 is 0 Å². The first-order chi connectivity index (χ1) is 13.5. The summed E-state index contributed by atoms with van der Waals surface area (Å²) >= 11 is 0. The molecule has 0 aromatic heterocycles. The maximum atomic E-state index is 13.2. The monoisotopic (exact) mass is 393 g/mol. The van der Waals surface area contributed by atoms with Crippen LogP contribution in [-0.2, 0) is 16.4 Å². The number of nitrogens with zero attached hydrogens (tertiary/aromatic N) is 1. The molecule has 4 rings (SSSR count). The Balaban J connectivity index is 1.69. The second kappa shape index (κ2) is 7.13. The van der Waals surface area contributed by atoms with Crippen molar-refractivity contribution in [1.29, 1.82) is 0 Å². The third kappa shape index (κ3) is 3.27. The molecule has 1 heterocycles. The fourth-order valence-electron chi connectivity index (χ4n) is 3.52. The van der Waals surface area contributed by atoms with Gasteiger partial charge in [-0.05, 0) is 59.9 Å². The van der Waals surface area contributed by atoms with Crippen LogP contribution in [-0.4, -0.2) is 26.0 Å². The van der Waals surface area contributed by atoms with Crippen molar-refractivity contribution in [2.24, 2.45) is 0 Å². The van der Waals surface area contributed by atoms with E-state index in [2.05, 4.69) is 0 Å². The average molecular weight is 393 g/mol. The average Bonchev–Trinajstić information content (AvgIpc) is 2.73. The Morgan fingerprint density at radius 1 is 0.893 bits per heavy atom. The highest BCUT2D eigenvalue weighted by molar-refractivity contribution is 7.92. The predicted octanol–water partition coefficient (Wildman–Crippen LogP) is 4.19. The lowest BCUT2D eigenvalue weighted by Gasteiger charge is -2.30. The van der Waals surface area contributed by atoms with Crippen LogP contribution in [0, 0.1) is 0 Å². The molecule has 28 heavy (non-hydrogen) atoms. The number of sulfonamides is 1. The molecule has 0 fully saturated rings. The third-order valence-corrected chi connectivity index (χ3v) is 6.78. The molecule has 0 atom stereocenters. The van der Waals surface area contributed by atoms with Crippen LogP contribution in [0.5, 0.6) is 0 Å². The molecule has 5 nitrogen and oxygen atoms in total. The van der Waals surface area contributed by atoms with Crippen LogP contribution in [0.2, 0.25) is 0 Å². The molecule has 0 saturated heterocycles. The molecule has 0 bridgehead atoms. The first-order valence-corrected chi connectivity index (χ1v) is 10.5. The minimum atomic E-state index is -3.72.